The van der Waals surface area contributed by atoms with Gasteiger partial charge in [-0.25, -0.2) is 4.79 Å². The molecule has 0 saturated carbocycles. The summed E-state index contributed by atoms with van der Waals surface area (Å²) in [6, 6.07) is 9.72. The van der Waals surface area contributed by atoms with Crippen LogP contribution in [-0.4, -0.2) is 50.2 Å². The van der Waals surface area contributed by atoms with Crippen LogP contribution >= 0.6 is 0 Å². The largest absolute Gasteiger partial charge is 0.493 e. The van der Waals surface area contributed by atoms with Gasteiger partial charge in [0.05, 0.1) is 19.5 Å². The van der Waals surface area contributed by atoms with Crippen LogP contribution in [0.3, 0.4) is 0 Å². The van der Waals surface area contributed by atoms with Crippen LogP contribution in [0.5, 0.6) is 0 Å². The second kappa shape index (κ2) is 9.98. The predicted molar refractivity (Wildman–Crippen MR) is 112 cm³/mol. The fourth-order valence-electron chi connectivity index (χ4n) is 2.55. The second-order valence-corrected chi connectivity index (χ2v) is 13.3. The number of carbonyl (C=O) groups is 1. The number of benzene rings is 1. The van der Waals surface area contributed by atoms with Crippen LogP contribution in [0.25, 0.3) is 5.53 Å². The summed E-state index contributed by atoms with van der Waals surface area (Å²) in [6.45, 7) is 11.5. The molecule has 0 amide bonds. The molecule has 1 aliphatic rings. The van der Waals surface area contributed by atoms with Crippen molar-refractivity contribution in [1.29, 1.82) is 0 Å². The quantitative estimate of drug-likeness (QED) is 0.211. The van der Waals surface area contributed by atoms with E-state index in [2.05, 4.69) is 38.7 Å². The maximum atomic E-state index is 11.8. The normalized spacial score (nSPS) is 21.8. The Labute approximate surface area is 173 Å². The Hall–Kier alpha value is -2.25. The van der Waals surface area contributed by atoms with Gasteiger partial charge in [0, 0.05) is 0 Å². The zero-order chi connectivity index (χ0) is 21.5. The first-order valence-electron chi connectivity index (χ1n) is 9.64. The van der Waals surface area contributed by atoms with E-state index in [9.17, 15) is 4.79 Å². The summed E-state index contributed by atoms with van der Waals surface area (Å²) in [7, 11) is -1.99. The summed E-state index contributed by atoms with van der Waals surface area (Å²) in [5.41, 5.74) is 9.56. The second-order valence-electron chi connectivity index (χ2n) is 8.48. The smallest absolute Gasteiger partial charge is 0.414 e. The van der Waals surface area contributed by atoms with Crippen molar-refractivity contribution in [2.75, 3.05) is 6.61 Å². The number of esters is 1. The predicted octanol–water partition coefficient (Wildman–Crippen LogP) is 3.72. The third-order valence-electron chi connectivity index (χ3n) is 5.33. The lowest BCUT2D eigenvalue weighted by Crippen LogP contribution is -2.50. The van der Waals surface area contributed by atoms with Crippen molar-refractivity contribution < 1.29 is 28.2 Å². The van der Waals surface area contributed by atoms with E-state index in [1.165, 1.54) is 6.26 Å². The molecule has 1 heterocycles. The molecule has 1 aliphatic heterocycles. The molecule has 158 valence electrons. The van der Waals surface area contributed by atoms with Gasteiger partial charge in [0.15, 0.2) is 14.4 Å². The maximum Gasteiger partial charge on any atom is 0.414 e. The van der Waals surface area contributed by atoms with Crippen LogP contribution in [-0.2, 0) is 30.0 Å². The van der Waals surface area contributed by atoms with Crippen molar-refractivity contribution in [1.82, 2.24) is 0 Å². The van der Waals surface area contributed by atoms with E-state index in [0.717, 1.165) is 5.56 Å². The van der Waals surface area contributed by atoms with Gasteiger partial charge in [0.25, 0.3) is 0 Å². The zero-order valence-corrected chi connectivity index (χ0v) is 18.7. The molecule has 1 aromatic rings. The SMILES string of the molecule is CC(C)(C)[Si](C)(C)OC[C@H]1OC=C[C@@H](OC(=O)C=[N+]=[N-])[C@@H]1OCc1ccccc1. The number of hydrogen-bond donors (Lipinski definition) is 0. The third kappa shape index (κ3) is 6.64. The molecule has 8 heteroatoms. The highest BCUT2D eigenvalue weighted by Gasteiger charge is 2.41. The molecule has 0 fully saturated rings. The summed E-state index contributed by atoms with van der Waals surface area (Å²) in [6.07, 6.45) is 2.12. The van der Waals surface area contributed by atoms with Gasteiger partial charge in [-0.3, -0.25) is 0 Å². The molecular formula is C21H30N2O5Si. The van der Waals surface area contributed by atoms with Crippen LogP contribution < -0.4 is 0 Å². The Bertz CT molecular complexity index is 754. The molecule has 0 bridgehead atoms. The number of ether oxygens (including phenoxy) is 3. The van der Waals surface area contributed by atoms with Crippen LogP contribution in [0.1, 0.15) is 26.3 Å². The third-order valence-corrected chi connectivity index (χ3v) is 9.83. The van der Waals surface area contributed by atoms with Crippen LogP contribution in [0.2, 0.25) is 18.1 Å². The Morgan fingerprint density at radius 1 is 1.28 bits per heavy atom. The Balaban J connectivity index is 2.14. The number of nitrogens with zero attached hydrogens (tertiary/aromatic N) is 2. The van der Waals surface area contributed by atoms with Crippen molar-refractivity contribution >= 4 is 20.5 Å². The Morgan fingerprint density at radius 3 is 2.59 bits per heavy atom. The summed E-state index contributed by atoms with van der Waals surface area (Å²) in [4.78, 5) is 14.5. The Kier molecular flexibility index (Phi) is 7.93. The van der Waals surface area contributed by atoms with Gasteiger partial charge in [-0.1, -0.05) is 51.1 Å². The summed E-state index contributed by atoms with van der Waals surface area (Å²) < 4.78 is 23.6. The summed E-state index contributed by atoms with van der Waals surface area (Å²) in [5.74, 6) is -0.763. The van der Waals surface area contributed by atoms with E-state index in [1.54, 1.807) is 6.08 Å². The number of rotatable bonds is 8. The first kappa shape index (κ1) is 23.0. The molecule has 3 atom stereocenters. The van der Waals surface area contributed by atoms with Crippen LogP contribution in [0, 0.1) is 0 Å². The molecule has 0 radical (unpaired) electrons. The molecule has 7 nitrogen and oxygen atoms in total. The highest BCUT2D eigenvalue weighted by atomic mass is 28.4. The van der Waals surface area contributed by atoms with E-state index in [-0.39, 0.29) is 5.04 Å². The van der Waals surface area contributed by atoms with Gasteiger partial charge < -0.3 is 24.2 Å². The van der Waals surface area contributed by atoms with Gasteiger partial charge in [-0.05, 0) is 29.8 Å². The molecular weight excluding hydrogens is 388 g/mol. The molecule has 0 saturated heterocycles. The topological polar surface area (TPSA) is 90.4 Å². The lowest BCUT2D eigenvalue weighted by atomic mass is 10.1. The molecule has 0 aromatic heterocycles. The average molecular weight is 419 g/mol. The van der Waals surface area contributed by atoms with Crippen LogP contribution in [0.4, 0.5) is 0 Å². The standard InChI is InChI=1S/C21H30N2O5Si/c1-21(2,3)29(4,5)27-15-18-20(26-14-16-9-7-6-8-10-16)17(11-12-25-18)28-19(24)13-23-22/h6-13,17-18,20H,14-15H2,1-5H3/t17-,18-,20+/m1/s1. The van der Waals surface area contributed by atoms with Crippen molar-refractivity contribution in [2.45, 2.75) is 63.8 Å². The van der Waals surface area contributed by atoms with Crippen LogP contribution in [0.15, 0.2) is 42.7 Å². The fraction of sp³-hybridized carbons (Fsp3) is 0.524. The first-order chi connectivity index (χ1) is 13.6. The van der Waals surface area contributed by atoms with Gasteiger partial charge in [0.1, 0.15) is 12.2 Å². The lowest BCUT2D eigenvalue weighted by molar-refractivity contribution is -0.162. The van der Waals surface area contributed by atoms with E-state index in [4.69, 9.17) is 24.2 Å². The van der Waals surface area contributed by atoms with E-state index < -0.39 is 32.6 Å². The van der Waals surface area contributed by atoms with Crippen molar-refractivity contribution in [2.24, 2.45) is 0 Å². The van der Waals surface area contributed by atoms with Crippen molar-refractivity contribution in [3.05, 3.63) is 53.8 Å². The van der Waals surface area contributed by atoms with Crippen molar-refractivity contribution in [3.63, 3.8) is 0 Å². The molecule has 2 rings (SSSR count). The summed E-state index contributed by atoms with van der Waals surface area (Å²) >= 11 is 0. The minimum absolute atomic E-state index is 0.0569. The minimum Gasteiger partial charge on any atom is -0.493 e. The number of carbonyl (C=O) groups excluding carboxylic acids is 1. The Morgan fingerprint density at radius 2 is 1.97 bits per heavy atom. The molecule has 0 unspecified atom stereocenters. The molecule has 0 spiro atoms. The van der Waals surface area contributed by atoms with Gasteiger partial charge >= 0.3 is 12.2 Å². The average Bonchev–Trinajstić information content (AvgIpc) is 2.65. The highest BCUT2D eigenvalue weighted by Crippen LogP contribution is 2.37. The van der Waals surface area contributed by atoms with Gasteiger partial charge in [0.2, 0.25) is 0 Å². The lowest BCUT2D eigenvalue weighted by Gasteiger charge is -2.39. The molecule has 1 aromatic carbocycles. The monoisotopic (exact) mass is 418 g/mol. The summed E-state index contributed by atoms with van der Waals surface area (Å²) in [5, 5.41) is 0.0569. The molecule has 0 N–H and O–H groups in total. The van der Waals surface area contributed by atoms with Gasteiger partial charge in [-0.15, -0.1) is 0 Å². The minimum atomic E-state index is -1.99. The van der Waals surface area contributed by atoms with Gasteiger partial charge in [-0.2, -0.15) is 4.79 Å². The molecule has 0 aliphatic carbocycles. The zero-order valence-electron chi connectivity index (χ0n) is 17.7. The number of hydrogen-bond acceptors (Lipinski definition) is 5. The van der Waals surface area contributed by atoms with E-state index in [0.29, 0.717) is 19.4 Å². The van der Waals surface area contributed by atoms with E-state index >= 15 is 0 Å². The van der Waals surface area contributed by atoms with Crippen molar-refractivity contribution in [3.8, 4) is 0 Å². The maximum absolute atomic E-state index is 11.8. The fourth-order valence-corrected chi connectivity index (χ4v) is 3.56. The van der Waals surface area contributed by atoms with E-state index in [1.807, 2.05) is 30.3 Å². The first-order valence-corrected chi connectivity index (χ1v) is 12.5. The molecule has 29 heavy (non-hydrogen) atoms. The highest BCUT2D eigenvalue weighted by molar-refractivity contribution is 6.74.